The average molecular weight is 265 g/mol. The van der Waals surface area contributed by atoms with Gasteiger partial charge in [0.15, 0.2) is 0 Å². The van der Waals surface area contributed by atoms with Crippen LogP contribution >= 0.6 is 11.6 Å². The van der Waals surface area contributed by atoms with E-state index in [9.17, 15) is 8.42 Å². The van der Waals surface area contributed by atoms with Crippen molar-refractivity contribution in [1.82, 2.24) is 9.29 Å². The van der Waals surface area contributed by atoms with E-state index in [2.05, 4.69) is 4.98 Å². The Morgan fingerprint density at radius 3 is 2.81 bits per heavy atom. The van der Waals surface area contributed by atoms with E-state index in [0.29, 0.717) is 13.2 Å². The Morgan fingerprint density at radius 2 is 2.25 bits per heavy atom. The monoisotopic (exact) mass is 264 g/mol. The molecule has 0 atom stereocenters. The van der Waals surface area contributed by atoms with E-state index in [4.69, 9.17) is 16.3 Å². The first-order valence-electron chi connectivity index (χ1n) is 4.55. The lowest BCUT2D eigenvalue weighted by molar-refractivity contribution is 0.185. The molecule has 1 rings (SSSR count). The van der Waals surface area contributed by atoms with Gasteiger partial charge in [0, 0.05) is 26.9 Å². The molecule has 0 amide bonds. The van der Waals surface area contributed by atoms with E-state index in [0.717, 1.165) is 0 Å². The second kappa shape index (κ2) is 5.58. The Labute approximate surface area is 100 Å². The van der Waals surface area contributed by atoms with Crippen molar-refractivity contribution in [3.63, 3.8) is 0 Å². The van der Waals surface area contributed by atoms with Crippen LogP contribution in [0.4, 0.5) is 0 Å². The maximum absolute atomic E-state index is 12.0. The van der Waals surface area contributed by atoms with Crippen LogP contribution in [0.5, 0.6) is 0 Å². The second-order valence-corrected chi connectivity index (χ2v) is 5.57. The molecule has 0 saturated heterocycles. The lowest BCUT2D eigenvalue weighted by Crippen LogP contribution is -2.30. The summed E-state index contributed by atoms with van der Waals surface area (Å²) in [5, 5.41) is 0.154. The van der Waals surface area contributed by atoms with Crippen LogP contribution in [0.3, 0.4) is 0 Å². The molecule has 16 heavy (non-hydrogen) atoms. The molecule has 0 saturated carbocycles. The number of aromatic nitrogens is 1. The number of methoxy groups -OCH3 is 1. The number of hydrogen-bond acceptors (Lipinski definition) is 4. The van der Waals surface area contributed by atoms with Crippen molar-refractivity contribution < 1.29 is 13.2 Å². The molecule has 0 aliphatic rings. The van der Waals surface area contributed by atoms with E-state index in [-0.39, 0.29) is 10.0 Å². The molecule has 0 radical (unpaired) electrons. The van der Waals surface area contributed by atoms with Crippen LogP contribution in [-0.2, 0) is 14.8 Å². The van der Waals surface area contributed by atoms with E-state index < -0.39 is 10.0 Å². The zero-order valence-electron chi connectivity index (χ0n) is 9.05. The lowest BCUT2D eigenvalue weighted by Gasteiger charge is -2.16. The summed E-state index contributed by atoms with van der Waals surface area (Å²) in [7, 11) is -0.498. The van der Waals surface area contributed by atoms with Gasteiger partial charge in [-0.15, -0.1) is 0 Å². The fourth-order valence-corrected chi connectivity index (χ4v) is 2.47. The van der Waals surface area contributed by atoms with Crippen LogP contribution in [0.25, 0.3) is 0 Å². The third-order valence-electron chi connectivity index (χ3n) is 2.02. The van der Waals surface area contributed by atoms with E-state index >= 15 is 0 Å². The highest BCUT2D eigenvalue weighted by molar-refractivity contribution is 7.89. The van der Waals surface area contributed by atoms with Crippen molar-refractivity contribution in [2.45, 2.75) is 4.90 Å². The molecular weight excluding hydrogens is 252 g/mol. The number of pyridine rings is 1. The van der Waals surface area contributed by atoms with Gasteiger partial charge < -0.3 is 4.74 Å². The van der Waals surface area contributed by atoms with Gasteiger partial charge in [0.2, 0.25) is 10.0 Å². The molecule has 1 aromatic heterocycles. The molecule has 0 N–H and O–H groups in total. The van der Waals surface area contributed by atoms with Gasteiger partial charge in [-0.2, -0.15) is 4.31 Å². The summed E-state index contributed by atoms with van der Waals surface area (Å²) in [6.07, 6.45) is 1.36. The number of rotatable bonds is 5. The maximum atomic E-state index is 12.0. The minimum absolute atomic E-state index is 0.131. The number of likely N-dealkylation sites (N-methyl/N-ethyl adjacent to an activating group) is 1. The molecule has 1 heterocycles. The molecule has 0 unspecified atom stereocenters. The van der Waals surface area contributed by atoms with Crippen molar-refractivity contribution in [2.75, 3.05) is 27.3 Å². The Balaban J connectivity index is 2.93. The molecule has 0 aliphatic carbocycles. The van der Waals surface area contributed by atoms with E-state index in [1.165, 1.54) is 36.8 Å². The Kier molecular flexibility index (Phi) is 4.67. The Morgan fingerprint density at radius 1 is 1.56 bits per heavy atom. The van der Waals surface area contributed by atoms with Gasteiger partial charge >= 0.3 is 0 Å². The number of hydrogen-bond donors (Lipinski definition) is 0. The quantitative estimate of drug-likeness (QED) is 0.745. The summed E-state index contributed by atoms with van der Waals surface area (Å²) < 4.78 is 30.0. The number of nitrogens with zero attached hydrogens (tertiary/aromatic N) is 2. The predicted molar refractivity (Wildman–Crippen MR) is 60.9 cm³/mol. The van der Waals surface area contributed by atoms with Crippen LogP contribution in [0.15, 0.2) is 23.2 Å². The summed E-state index contributed by atoms with van der Waals surface area (Å²) in [4.78, 5) is 3.86. The number of sulfonamides is 1. The van der Waals surface area contributed by atoms with Crippen molar-refractivity contribution in [3.8, 4) is 0 Å². The largest absolute Gasteiger partial charge is 0.383 e. The molecule has 0 fully saturated rings. The zero-order chi connectivity index (χ0) is 12.2. The first kappa shape index (κ1) is 13.4. The van der Waals surface area contributed by atoms with Gasteiger partial charge in [0.1, 0.15) is 5.15 Å². The third-order valence-corrected chi connectivity index (χ3v) is 4.08. The number of ether oxygens (including phenoxy) is 1. The highest BCUT2D eigenvalue weighted by Crippen LogP contribution is 2.16. The van der Waals surface area contributed by atoms with Crippen LogP contribution < -0.4 is 0 Å². The molecular formula is C9H13ClN2O3S. The summed E-state index contributed by atoms with van der Waals surface area (Å²) in [6, 6.07) is 2.73. The van der Waals surface area contributed by atoms with Crippen LogP contribution in [-0.4, -0.2) is 45.0 Å². The summed E-state index contributed by atoms with van der Waals surface area (Å²) in [5.74, 6) is 0. The minimum Gasteiger partial charge on any atom is -0.383 e. The second-order valence-electron chi connectivity index (χ2n) is 3.13. The average Bonchev–Trinajstić information content (AvgIpc) is 2.25. The zero-order valence-corrected chi connectivity index (χ0v) is 10.6. The number of halogens is 1. The highest BCUT2D eigenvalue weighted by atomic mass is 35.5. The van der Waals surface area contributed by atoms with Gasteiger partial charge in [0.05, 0.1) is 11.5 Å². The molecule has 90 valence electrons. The molecule has 7 heteroatoms. The van der Waals surface area contributed by atoms with Crippen LogP contribution in [0, 0.1) is 0 Å². The van der Waals surface area contributed by atoms with Crippen molar-refractivity contribution in [3.05, 3.63) is 23.5 Å². The standard InChI is InChI=1S/C9H13ClN2O3S/c1-12(5-6-15-2)16(13,14)8-3-4-11-9(10)7-8/h3-4,7H,5-6H2,1-2H3. The van der Waals surface area contributed by atoms with Crippen molar-refractivity contribution in [1.29, 1.82) is 0 Å². The minimum atomic E-state index is -3.50. The van der Waals surface area contributed by atoms with Gasteiger partial charge in [-0.05, 0) is 12.1 Å². The molecule has 5 nitrogen and oxygen atoms in total. The maximum Gasteiger partial charge on any atom is 0.243 e. The molecule has 0 aromatic carbocycles. The molecule has 1 aromatic rings. The fourth-order valence-electron chi connectivity index (χ4n) is 1.07. The predicted octanol–water partition coefficient (Wildman–Crippen LogP) is 1.00. The van der Waals surface area contributed by atoms with Gasteiger partial charge in [-0.25, -0.2) is 13.4 Å². The first-order chi connectivity index (χ1) is 7.48. The SMILES string of the molecule is COCCN(C)S(=O)(=O)c1ccnc(Cl)c1. The highest BCUT2D eigenvalue weighted by Gasteiger charge is 2.20. The van der Waals surface area contributed by atoms with Gasteiger partial charge in [-0.1, -0.05) is 11.6 Å². The van der Waals surface area contributed by atoms with Crippen molar-refractivity contribution in [2.24, 2.45) is 0 Å². The topological polar surface area (TPSA) is 59.5 Å². The van der Waals surface area contributed by atoms with Crippen LogP contribution in [0.1, 0.15) is 0 Å². The van der Waals surface area contributed by atoms with Gasteiger partial charge in [-0.3, -0.25) is 0 Å². The summed E-state index contributed by atoms with van der Waals surface area (Å²) in [5.41, 5.74) is 0. The smallest absolute Gasteiger partial charge is 0.243 e. The molecule has 0 bridgehead atoms. The van der Waals surface area contributed by atoms with Crippen molar-refractivity contribution >= 4 is 21.6 Å². The summed E-state index contributed by atoms with van der Waals surface area (Å²) in [6.45, 7) is 0.632. The third kappa shape index (κ3) is 3.15. The Bertz CT molecular complexity index is 450. The van der Waals surface area contributed by atoms with E-state index in [1.807, 2.05) is 0 Å². The molecule has 0 aliphatic heterocycles. The fraction of sp³-hybridized carbons (Fsp3) is 0.444. The Hall–Kier alpha value is -0.690. The lowest BCUT2D eigenvalue weighted by atomic mass is 10.5. The van der Waals surface area contributed by atoms with E-state index in [1.54, 1.807) is 0 Å². The van der Waals surface area contributed by atoms with Crippen LogP contribution in [0.2, 0.25) is 5.15 Å². The van der Waals surface area contributed by atoms with Gasteiger partial charge in [0.25, 0.3) is 0 Å². The molecule has 0 spiro atoms. The first-order valence-corrected chi connectivity index (χ1v) is 6.37. The normalized spacial score (nSPS) is 12.0. The summed E-state index contributed by atoms with van der Waals surface area (Å²) >= 11 is 5.64.